The van der Waals surface area contributed by atoms with E-state index in [4.69, 9.17) is 5.73 Å². The Kier molecular flexibility index (Phi) is 3.19. The summed E-state index contributed by atoms with van der Waals surface area (Å²) in [5, 5.41) is 9.28. The van der Waals surface area contributed by atoms with E-state index in [1.165, 1.54) is 12.4 Å². The van der Waals surface area contributed by atoms with Crippen molar-refractivity contribution < 1.29 is 0 Å². The fraction of sp³-hybridized carbons (Fsp3) is 0. The molecule has 0 saturated heterocycles. The molecular formula is C14H9N7. The summed E-state index contributed by atoms with van der Waals surface area (Å²) in [5.41, 5.74) is 8.48. The first-order valence-corrected chi connectivity index (χ1v) is 6.03. The van der Waals surface area contributed by atoms with Gasteiger partial charge in [0.1, 0.15) is 28.7 Å². The molecule has 3 heterocycles. The molecular weight excluding hydrogens is 266 g/mol. The van der Waals surface area contributed by atoms with E-state index in [0.29, 0.717) is 28.5 Å². The molecule has 3 aromatic rings. The van der Waals surface area contributed by atoms with Crippen molar-refractivity contribution in [3.8, 4) is 28.8 Å². The third-order valence-corrected chi connectivity index (χ3v) is 2.79. The molecule has 0 aliphatic carbocycles. The van der Waals surface area contributed by atoms with Crippen LogP contribution in [0.3, 0.4) is 0 Å². The molecule has 100 valence electrons. The van der Waals surface area contributed by atoms with Gasteiger partial charge in [-0.1, -0.05) is 0 Å². The fourth-order valence-corrected chi connectivity index (χ4v) is 1.85. The zero-order valence-corrected chi connectivity index (χ0v) is 10.8. The largest absolute Gasteiger partial charge is 0.398 e. The van der Waals surface area contributed by atoms with E-state index >= 15 is 0 Å². The second kappa shape index (κ2) is 5.30. The highest BCUT2D eigenvalue weighted by Gasteiger charge is 2.15. The summed E-state index contributed by atoms with van der Waals surface area (Å²) in [5.74, 6) is 0. The zero-order chi connectivity index (χ0) is 14.7. The van der Waals surface area contributed by atoms with Gasteiger partial charge < -0.3 is 5.73 Å². The number of nitrogens with zero attached hydrogens (tertiary/aromatic N) is 6. The Morgan fingerprint density at radius 1 is 0.905 bits per heavy atom. The van der Waals surface area contributed by atoms with E-state index < -0.39 is 0 Å². The van der Waals surface area contributed by atoms with Crippen LogP contribution in [0.1, 0.15) is 5.56 Å². The van der Waals surface area contributed by atoms with Crippen molar-refractivity contribution in [1.29, 1.82) is 5.26 Å². The maximum absolute atomic E-state index is 9.28. The lowest BCUT2D eigenvalue weighted by Gasteiger charge is -2.08. The lowest BCUT2D eigenvalue weighted by Crippen LogP contribution is -2.01. The number of nitrogens with two attached hydrogens (primary N) is 1. The molecule has 7 heteroatoms. The first kappa shape index (κ1) is 12.6. The second-order valence-corrected chi connectivity index (χ2v) is 4.11. The molecule has 21 heavy (non-hydrogen) atoms. The third kappa shape index (κ3) is 2.37. The van der Waals surface area contributed by atoms with E-state index in [1.807, 2.05) is 6.07 Å². The fourth-order valence-electron chi connectivity index (χ4n) is 1.85. The van der Waals surface area contributed by atoms with Crippen molar-refractivity contribution in [1.82, 2.24) is 24.9 Å². The molecule has 2 N–H and O–H groups in total. The Hall–Kier alpha value is -3.40. The van der Waals surface area contributed by atoms with Crippen molar-refractivity contribution in [3.05, 3.63) is 48.8 Å². The number of anilines is 1. The highest BCUT2D eigenvalue weighted by molar-refractivity contribution is 5.75. The second-order valence-electron chi connectivity index (χ2n) is 4.11. The molecule has 0 unspecified atom stereocenters. The molecule has 7 nitrogen and oxygen atoms in total. The van der Waals surface area contributed by atoms with Gasteiger partial charge in [-0.15, -0.1) is 0 Å². The van der Waals surface area contributed by atoms with Gasteiger partial charge >= 0.3 is 0 Å². The van der Waals surface area contributed by atoms with Crippen LogP contribution in [0.4, 0.5) is 5.69 Å². The van der Waals surface area contributed by atoms with Gasteiger partial charge in [0.15, 0.2) is 0 Å². The van der Waals surface area contributed by atoms with Crippen LogP contribution in [0.2, 0.25) is 0 Å². The van der Waals surface area contributed by atoms with Crippen molar-refractivity contribution in [2.24, 2.45) is 0 Å². The molecule has 0 fully saturated rings. The third-order valence-electron chi connectivity index (χ3n) is 2.79. The SMILES string of the molecule is N#Cc1c(N)cc(-c2cnccn2)nc1-c1cnccn1. The predicted octanol–water partition coefficient (Wildman–Crippen LogP) is 1.45. The lowest BCUT2D eigenvalue weighted by atomic mass is 10.1. The molecule has 0 atom stereocenters. The predicted molar refractivity (Wildman–Crippen MR) is 75.4 cm³/mol. The number of hydrogen-bond donors (Lipinski definition) is 1. The monoisotopic (exact) mass is 275 g/mol. The summed E-state index contributed by atoms with van der Waals surface area (Å²) < 4.78 is 0. The molecule has 0 radical (unpaired) electrons. The van der Waals surface area contributed by atoms with Gasteiger partial charge in [-0.3, -0.25) is 19.9 Å². The lowest BCUT2D eigenvalue weighted by molar-refractivity contribution is 1.15. The van der Waals surface area contributed by atoms with E-state index in [-0.39, 0.29) is 5.56 Å². The van der Waals surface area contributed by atoms with Crippen LogP contribution < -0.4 is 5.73 Å². The van der Waals surface area contributed by atoms with E-state index in [2.05, 4.69) is 24.9 Å². The molecule has 3 rings (SSSR count). The van der Waals surface area contributed by atoms with Gasteiger partial charge in [0.25, 0.3) is 0 Å². The molecule has 0 aliphatic rings. The first-order chi connectivity index (χ1) is 10.3. The first-order valence-electron chi connectivity index (χ1n) is 6.03. The Bertz CT molecular complexity index is 810. The van der Waals surface area contributed by atoms with Crippen LogP contribution in [-0.4, -0.2) is 24.9 Å². The normalized spacial score (nSPS) is 10.0. The number of rotatable bonds is 2. The molecule has 3 aromatic heterocycles. The maximum Gasteiger partial charge on any atom is 0.111 e. The van der Waals surface area contributed by atoms with Gasteiger partial charge in [0.05, 0.1) is 23.8 Å². The average Bonchev–Trinajstić information content (AvgIpc) is 2.55. The highest BCUT2D eigenvalue weighted by atomic mass is 14.9. The summed E-state index contributed by atoms with van der Waals surface area (Å²) in [6.45, 7) is 0. The van der Waals surface area contributed by atoms with E-state index in [0.717, 1.165) is 0 Å². The average molecular weight is 275 g/mol. The van der Waals surface area contributed by atoms with Gasteiger partial charge in [0, 0.05) is 24.8 Å². The Labute approximate surface area is 120 Å². The molecule has 0 saturated carbocycles. The van der Waals surface area contributed by atoms with Crippen LogP contribution in [0, 0.1) is 11.3 Å². The Morgan fingerprint density at radius 3 is 2.14 bits per heavy atom. The molecule has 0 spiro atoms. The Balaban J connectivity index is 2.24. The van der Waals surface area contributed by atoms with Crippen LogP contribution in [0.5, 0.6) is 0 Å². The quantitative estimate of drug-likeness (QED) is 0.752. The van der Waals surface area contributed by atoms with Crippen LogP contribution in [0.25, 0.3) is 22.8 Å². The van der Waals surface area contributed by atoms with Gasteiger partial charge in [-0.25, -0.2) is 4.98 Å². The van der Waals surface area contributed by atoms with Crippen LogP contribution >= 0.6 is 0 Å². The van der Waals surface area contributed by atoms with Crippen molar-refractivity contribution in [3.63, 3.8) is 0 Å². The molecule has 0 aromatic carbocycles. The van der Waals surface area contributed by atoms with Gasteiger partial charge in [-0.2, -0.15) is 5.26 Å². The number of pyridine rings is 1. The minimum absolute atomic E-state index is 0.267. The summed E-state index contributed by atoms with van der Waals surface area (Å²) in [6, 6.07) is 3.65. The minimum atomic E-state index is 0.267. The van der Waals surface area contributed by atoms with Gasteiger partial charge in [-0.05, 0) is 6.07 Å². The summed E-state index contributed by atoms with van der Waals surface area (Å²) in [4.78, 5) is 20.8. The van der Waals surface area contributed by atoms with Crippen LogP contribution in [-0.2, 0) is 0 Å². The summed E-state index contributed by atoms with van der Waals surface area (Å²) in [6.07, 6.45) is 9.32. The van der Waals surface area contributed by atoms with E-state index in [1.54, 1.807) is 30.9 Å². The van der Waals surface area contributed by atoms with Crippen molar-refractivity contribution in [2.75, 3.05) is 5.73 Å². The number of nitrogen functional groups attached to an aromatic ring is 1. The summed E-state index contributed by atoms with van der Waals surface area (Å²) >= 11 is 0. The number of hydrogen-bond acceptors (Lipinski definition) is 7. The van der Waals surface area contributed by atoms with Gasteiger partial charge in [0.2, 0.25) is 0 Å². The number of aromatic nitrogens is 5. The Morgan fingerprint density at radius 2 is 1.57 bits per heavy atom. The summed E-state index contributed by atoms with van der Waals surface area (Å²) in [7, 11) is 0. The highest BCUT2D eigenvalue weighted by Crippen LogP contribution is 2.27. The van der Waals surface area contributed by atoms with E-state index in [9.17, 15) is 5.26 Å². The van der Waals surface area contributed by atoms with Crippen molar-refractivity contribution in [2.45, 2.75) is 0 Å². The standard InChI is InChI=1S/C14H9N7/c15-6-9-10(16)5-11(12-7-17-1-3-19-12)21-14(9)13-8-18-2-4-20-13/h1-5,7-8H,(H2,16,21). The topological polar surface area (TPSA) is 114 Å². The molecule has 0 amide bonds. The van der Waals surface area contributed by atoms with Crippen LogP contribution in [0.15, 0.2) is 43.2 Å². The zero-order valence-electron chi connectivity index (χ0n) is 10.8. The smallest absolute Gasteiger partial charge is 0.111 e. The number of nitriles is 1. The molecule has 0 aliphatic heterocycles. The maximum atomic E-state index is 9.28. The van der Waals surface area contributed by atoms with Crippen molar-refractivity contribution >= 4 is 5.69 Å². The molecule has 0 bridgehead atoms. The minimum Gasteiger partial charge on any atom is -0.398 e.